The van der Waals surface area contributed by atoms with Crippen LogP contribution in [0.2, 0.25) is 0 Å². The summed E-state index contributed by atoms with van der Waals surface area (Å²) >= 11 is 1.55. The Morgan fingerprint density at radius 1 is 1.08 bits per heavy atom. The number of nitrogens with zero attached hydrogens (tertiary/aromatic N) is 4. The van der Waals surface area contributed by atoms with Gasteiger partial charge in [0.05, 0.1) is 41.5 Å². The lowest BCUT2D eigenvalue weighted by Gasteiger charge is -2.31. The molecule has 1 aromatic heterocycles. The number of likely N-dealkylation sites (tertiary alicyclic amines) is 1. The molecule has 2 N–H and O–H groups in total. The van der Waals surface area contributed by atoms with E-state index in [1.807, 2.05) is 36.4 Å². The number of ether oxygens (including phenoxy) is 3. The molecule has 3 aromatic rings. The van der Waals surface area contributed by atoms with Crippen LogP contribution >= 0.6 is 38.3 Å². The van der Waals surface area contributed by atoms with E-state index in [1.54, 1.807) is 23.2 Å². The molecule has 0 radical (unpaired) electrons. The number of rotatable bonds is 15. The molecule has 0 spiro atoms. The summed E-state index contributed by atoms with van der Waals surface area (Å²) in [6.45, 7) is 12.3. The smallest absolute Gasteiger partial charge is 0.407 e. The number of aliphatic hydroxyl groups is 1. The number of aliphatic hydroxyl groups excluding tert-OH is 1. The lowest BCUT2D eigenvalue weighted by molar-refractivity contribution is -0.116. The number of amides is 2. The molecule has 4 heterocycles. The molecule has 11 nitrogen and oxygen atoms in total. The zero-order chi connectivity index (χ0) is 34.3. The van der Waals surface area contributed by atoms with Gasteiger partial charge in [-0.2, -0.15) is 27.0 Å². The summed E-state index contributed by atoms with van der Waals surface area (Å²) in [4.78, 5) is 37.1. The first kappa shape index (κ1) is 41.3. The molecule has 3 saturated heterocycles. The maximum atomic E-state index is 13.2. The Hall–Kier alpha value is -2.43. The molecule has 5 atom stereocenters. The fourth-order valence-corrected chi connectivity index (χ4v) is 8.30. The Morgan fingerprint density at radius 2 is 1.84 bits per heavy atom. The topological polar surface area (TPSA) is 117 Å². The van der Waals surface area contributed by atoms with E-state index in [4.69, 9.17) is 19.2 Å². The van der Waals surface area contributed by atoms with Gasteiger partial charge in [-0.3, -0.25) is 14.6 Å². The van der Waals surface area contributed by atoms with Crippen LogP contribution in [0.1, 0.15) is 51.2 Å². The van der Waals surface area contributed by atoms with E-state index in [1.165, 1.54) is 12.8 Å². The minimum Gasteiger partial charge on any atom is -0.443 e. The molecule has 3 aliphatic rings. The van der Waals surface area contributed by atoms with Crippen molar-refractivity contribution in [1.82, 2.24) is 20.1 Å². The summed E-state index contributed by atoms with van der Waals surface area (Å²) in [6.07, 6.45) is 1.62. The number of thiazole rings is 1. The molecule has 2 aromatic carbocycles. The van der Waals surface area contributed by atoms with Crippen molar-refractivity contribution in [1.29, 1.82) is 0 Å². The van der Waals surface area contributed by atoms with Gasteiger partial charge < -0.3 is 29.5 Å². The van der Waals surface area contributed by atoms with Crippen molar-refractivity contribution < 1.29 is 28.9 Å². The fraction of sp³-hybridized carbons (Fsp3) is 0.595. The van der Waals surface area contributed by atoms with Crippen LogP contribution < -0.4 is 10.2 Å². The Morgan fingerprint density at radius 3 is 2.57 bits per heavy atom. The van der Waals surface area contributed by atoms with Gasteiger partial charge in [-0.1, -0.05) is 61.6 Å². The third-order valence-corrected chi connectivity index (χ3v) is 10.7. The highest BCUT2D eigenvalue weighted by Gasteiger charge is 2.44. The SMILES string of the molecule is CC(=O)N(CCN1CCCC1)c1nc2ccc(CN(CC(C)C)CC(O)C(Cc3ccccc3)NC(=O)OC3COC4OCCC34)cc2s1.S.S. The first-order chi connectivity index (χ1) is 23.7. The highest BCUT2D eigenvalue weighted by Crippen LogP contribution is 2.33. The van der Waals surface area contributed by atoms with Crippen molar-refractivity contribution in [2.75, 3.05) is 57.4 Å². The van der Waals surface area contributed by atoms with E-state index in [2.05, 4.69) is 41.1 Å². The number of hydrogen-bond donors (Lipinski definition) is 2. The zero-order valence-electron chi connectivity index (χ0n) is 30.0. The molecule has 0 bridgehead atoms. The average Bonchev–Trinajstić information content (AvgIpc) is 3.88. The van der Waals surface area contributed by atoms with Crippen LogP contribution in [0.4, 0.5) is 9.93 Å². The highest BCUT2D eigenvalue weighted by atomic mass is 32.1. The van der Waals surface area contributed by atoms with Crippen molar-refractivity contribution in [3.63, 3.8) is 0 Å². The molecule has 5 unspecified atom stereocenters. The Kier molecular flexibility index (Phi) is 15.9. The fourth-order valence-electron chi connectivity index (χ4n) is 7.20. The van der Waals surface area contributed by atoms with Gasteiger partial charge in [-0.25, -0.2) is 9.78 Å². The van der Waals surface area contributed by atoms with Crippen LogP contribution in [-0.4, -0.2) is 109 Å². The summed E-state index contributed by atoms with van der Waals surface area (Å²) in [7, 11) is 0. The van der Waals surface area contributed by atoms with Crippen LogP contribution in [0.15, 0.2) is 48.5 Å². The van der Waals surface area contributed by atoms with Crippen LogP contribution in [0.5, 0.6) is 0 Å². The Bertz CT molecular complexity index is 1540. The van der Waals surface area contributed by atoms with Gasteiger partial charge >= 0.3 is 6.09 Å². The van der Waals surface area contributed by atoms with Gasteiger partial charge in [0, 0.05) is 39.6 Å². The van der Waals surface area contributed by atoms with Crippen LogP contribution in [0.25, 0.3) is 10.2 Å². The van der Waals surface area contributed by atoms with Crippen LogP contribution in [0.3, 0.4) is 0 Å². The third kappa shape index (κ3) is 11.3. The summed E-state index contributed by atoms with van der Waals surface area (Å²) in [5, 5.41) is 15.4. The largest absolute Gasteiger partial charge is 0.443 e. The van der Waals surface area contributed by atoms with E-state index in [-0.39, 0.29) is 51.2 Å². The second-order valence-electron chi connectivity index (χ2n) is 14.1. The minimum atomic E-state index is -0.854. The number of carbonyl (C=O) groups is 2. The highest BCUT2D eigenvalue weighted by molar-refractivity contribution is 7.59. The lowest BCUT2D eigenvalue weighted by atomic mass is 10.00. The van der Waals surface area contributed by atoms with Gasteiger partial charge in [0.2, 0.25) is 5.91 Å². The summed E-state index contributed by atoms with van der Waals surface area (Å²) in [5.74, 6) is 0.406. The standard InChI is InChI=1S/C37H51N5O6S.2H2S/c1-25(2)21-41(22-28-11-12-30-34(20-28)49-36(38-30)42(26(3)43)17-16-40-14-7-8-15-40)23-32(44)31(19-27-9-5-4-6-10-27)39-37(45)48-33-24-47-35-29(33)13-18-46-35;;/h4-6,9-12,20,25,29,31-33,35,44H,7-8,13-19,21-24H2,1-3H3,(H,39,45);2*1H2. The molecular formula is C37H55N5O6S3. The van der Waals surface area contributed by atoms with Crippen molar-refractivity contribution in [2.45, 2.75) is 77.5 Å². The van der Waals surface area contributed by atoms with Gasteiger partial charge in [0.15, 0.2) is 11.4 Å². The quantitative estimate of drug-likeness (QED) is 0.224. The molecule has 2 amide bonds. The monoisotopic (exact) mass is 761 g/mol. The molecule has 6 rings (SSSR count). The normalized spacial score (nSPS) is 21.3. The number of fused-ring (bicyclic) bond motifs is 2. The maximum Gasteiger partial charge on any atom is 0.407 e. The van der Waals surface area contributed by atoms with Crippen molar-refractivity contribution in [2.24, 2.45) is 11.8 Å². The molecule has 0 saturated carbocycles. The number of alkyl carbamates (subject to hydrolysis) is 1. The molecule has 51 heavy (non-hydrogen) atoms. The Balaban J connectivity index is 0.00000292. The molecule has 3 aliphatic heterocycles. The first-order valence-electron chi connectivity index (χ1n) is 17.8. The minimum absolute atomic E-state index is 0. The average molecular weight is 762 g/mol. The number of carbonyl (C=O) groups excluding carboxylic acids is 2. The van der Waals surface area contributed by atoms with Crippen LogP contribution in [0, 0.1) is 11.8 Å². The van der Waals surface area contributed by atoms with Gasteiger partial charge in [0.1, 0.15) is 6.10 Å². The number of nitrogens with one attached hydrogen (secondary N) is 1. The number of aromatic nitrogens is 1. The second kappa shape index (κ2) is 19.6. The van der Waals surface area contributed by atoms with E-state index >= 15 is 0 Å². The van der Waals surface area contributed by atoms with E-state index < -0.39 is 18.2 Å². The lowest BCUT2D eigenvalue weighted by Crippen LogP contribution is -2.50. The number of anilines is 1. The summed E-state index contributed by atoms with van der Waals surface area (Å²) in [5.41, 5.74) is 2.99. The first-order valence-corrected chi connectivity index (χ1v) is 18.6. The predicted molar refractivity (Wildman–Crippen MR) is 211 cm³/mol. The summed E-state index contributed by atoms with van der Waals surface area (Å²) in [6, 6.07) is 15.6. The number of hydrogen-bond acceptors (Lipinski definition) is 10. The maximum absolute atomic E-state index is 13.2. The third-order valence-electron chi connectivity index (χ3n) is 9.68. The molecule has 0 aliphatic carbocycles. The van der Waals surface area contributed by atoms with E-state index in [0.717, 1.165) is 59.1 Å². The predicted octanol–water partition coefficient (Wildman–Crippen LogP) is 4.89. The molecule has 14 heteroatoms. The van der Waals surface area contributed by atoms with Crippen molar-refractivity contribution in [3.05, 3.63) is 59.7 Å². The van der Waals surface area contributed by atoms with Crippen molar-refractivity contribution >= 4 is 65.7 Å². The molecule has 282 valence electrons. The van der Waals surface area contributed by atoms with Gasteiger partial charge in [-0.15, -0.1) is 0 Å². The van der Waals surface area contributed by atoms with E-state index in [9.17, 15) is 14.7 Å². The second-order valence-corrected chi connectivity index (χ2v) is 15.1. The molecule has 3 fully saturated rings. The summed E-state index contributed by atoms with van der Waals surface area (Å²) < 4.78 is 18.1. The van der Waals surface area contributed by atoms with Crippen molar-refractivity contribution in [3.8, 4) is 0 Å². The van der Waals surface area contributed by atoms with Gasteiger partial charge in [0.25, 0.3) is 0 Å². The molecular weight excluding hydrogens is 707 g/mol. The van der Waals surface area contributed by atoms with Crippen LogP contribution in [-0.2, 0) is 32.0 Å². The van der Waals surface area contributed by atoms with Gasteiger partial charge in [-0.05, 0) is 68.0 Å². The number of benzene rings is 2. The van der Waals surface area contributed by atoms with E-state index in [0.29, 0.717) is 45.2 Å². The zero-order valence-corrected chi connectivity index (χ0v) is 32.8. The Labute approximate surface area is 319 Å².